The summed E-state index contributed by atoms with van der Waals surface area (Å²) < 4.78 is 0. The van der Waals surface area contributed by atoms with E-state index in [1.54, 1.807) is 11.3 Å². The highest BCUT2D eigenvalue weighted by Gasteiger charge is 2.12. The van der Waals surface area contributed by atoms with Gasteiger partial charge in [0.25, 0.3) is 0 Å². The first-order chi connectivity index (χ1) is 8.06. The Hall–Kier alpha value is -0.900. The first-order valence-corrected chi connectivity index (χ1v) is 6.74. The summed E-state index contributed by atoms with van der Waals surface area (Å²) in [6.45, 7) is 4.01. The van der Waals surface area contributed by atoms with Crippen LogP contribution in [0.15, 0.2) is 23.6 Å². The molecule has 1 heterocycles. The largest absolute Gasteiger partial charge is 0.324 e. The van der Waals surface area contributed by atoms with Crippen LogP contribution in [0.5, 0.6) is 0 Å². The monoisotopic (exact) mass is 266 g/mol. The molecule has 0 fully saturated rings. The lowest BCUT2D eigenvalue weighted by atomic mass is 10.0. The van der Waals surface area contributed by atoms with E-state index >= 15 is 0 Å². The molecule has 2 N–H and O–H groups in total. The zero-order valence-corrected chi connectivity index (χ0v) is 11.5. The Morgan fingerprint density at radius 2 is 2.18 bits per heavy atom. The molecule has 0 radical (unpaired) electrons. The third kappa shape index (κ3) is 3.06. The van der Waals surface area contributed by atoms with Crippen molar-refractivity contribution < 1.29 is 0 Å². The molecule has 1 unspecified atom stereocenters. The number of aryl methyl sites for hydroxylation is 2. The van der Waals surface area contributed by atoms with Gasteiger partial charge in [-0.25, -0.2) is 4.98 Å². The summed E-state index contributed by atoms with van der Waals surface area (Å²) in [7, 11) is 0. The van der Waals surface area contributed by atoms with Crippen molar-refractivity contribution in [1.29, 1.82) is 0 Å². The van der Waals surface area contributed by atoms with Crippen molar-refractivity contribution in [1.82, 2.24) is 4.98 Å². The Kier molecular flexibility index (Phi) is 3.82. The number of aromatic nitrogens is 1. The molecular formula is C13H15ClN2S. The molecule has 17 heavy (non-hydrogen) atoms. The summed E-state index contributed by atoms with van der Waals surface area (Å²) >= 11 is 7.85. The van der Waals surface area contributed by atoms with E-state index in [2.05, 4.69) is 4.98 Å². The van der Waals surface area contributed by atoms with Crippen LogP contribution in [-0.2, 0) is 6.42 Å². The van der Waals surface area contributed by atoms with Crippen LogP contribution >= 0.6 is 22.9 Å². The number of thiazole rings is 1. The molecule has 2 rings (SSSR count). The van der Waals surface area contributed by atoms with Crippen LogP contribution in [0.2, 0.25) is 5.02 Å². The minimum absolute atomic E-state index is 0.0892. The maximum absolute atomic E-state index is 6.20. The molecule has 0 bridgehead atoms. The van der Waals surface area contributed by atoms with Gasteiger partial charge in [-0.3, -0.25) is 0 Å². The van der Waals surface area contributed by atoms with Crippen molar-refractivity contribution in [2.75, 3.05) is 0 Å². The first-order valence-electron chi connectivity index (χ1n) is 5.49. The van der Waals surface area contributed by atoms with E-state index in [0.29, 0.717) is 0 Å². The molecule has 0 aliphatic rings. The molecule has 0 amide bonds. The van der Waals surface area contributed by atoms with Crippen LogP contribution in [-0.4, -0.2) is 4.98 Å². The second kappa shape index (κ2) is 5.17. The number of hydrogen-bond acceptors (Lipinski definition) is 3. The zero-order valence-electron chi connectivity index (χ0n) is 9.90. The maximum atomic E-state index is 6.20. The van der Waals surface area contributed by atoms with Crippen LogP contribution in [0.4, 0.5) is 0 Å². The van der Waals surface area contributed by atoms with Crippen LogP contribution < -0.4 is 5.73 Å². The first kappa shape index (κ1) is 12.6. The van der Waals surface area contributed by atoms with Crippen LogP contribution in [0.25, 0.3) is 0 Å². The molecule has 1 aromatic heterocycles. The summed E-state index contributed by atoms with van der Waals surface area (Å²) in [5, 5.41) is 3.84. The summed E-state index contributed by atoms with van der Waals surface area (Å²) in [5.74, 6) is 0. The van der Waals surface area contributed by atoms with Crippen molar-refractivity contribution >= 4 is 22.9 Å². The molecule has 1 aromatic carbocycles. The topological polar surface area (TPSA) is 38.9 Å². The highest BCUT2D eigenvalue weighted by Crippen LogP contribution is 2.26. The minimum Gasteiger partial charge on any atom is -0.324 e. The minimum atomic E-state index is -0.0892. The lowest BCUT2D eigenvalue weighted by Crippen LogP contribution is -2.13. The molecule has 90 valence electrons. The lowest BCUT2D eigenvalue weighted by molar-refractivity contribution is 0.717. The molecule has 0 spiro atoms. The number of hydrogen-bond donors (Lipinski definition) is 1. The highest BCUT2D eigenvalue weighted by atomic mass is 35.5. The van der Waals surface area contributed by atoms with Crippen molar-refractivity contribution in [3.8, 4) is 0 Å². The molecule has 0 saturated heterocycles. The number of nitrogens with zero attached hydrogens (tertiary/aromatic N) is 1. The van der Waals surface area contributed by atoms with Crippen molar-refractivity contribution in [3.63, 3.8) is 0 Å². The van der Waals surface area contributed by atoms with Gasteiger partial charge < -0.3 is 5.73 Å². The normalized spacial score (nSPS) is 12.7. The fourth-order valence-electron chi connectivity index (χ4n) is 1.73. The number of benzene rings is 1. The SMILES string of the molecule is Cc1ccc(C(N)Cc2nc(C)cs2)c(Cl)c1. The summed E-state index contributed by atoms with van der Waals surface area (Å²) in [6.07, 6.45) is 0.737. The number of halogens is 1. The van der Waals surface area contributed by atoms with E-state index in [1.807, 2.05) is 37.4 Å². The van der Waals surface area contributed by atoms with Gasteiger partial charge in [-0.2, -0.15) is 0 Å². The van der Waals surface area contributed by atoms with E-state index in [1.165, 1.54) is 0 Å². The second-order valence-corrected chi connectivity index (χ2v) is 5.57. The standard InChI is InChI=1S/C13H15ClN2S/c1-8-3-4-10(11(14)5-8)12(15)6-13-16-9(2)7-17-13/h3-5,7,12H,6,15H2,1-2H3. The van der Waals surface area contributed by atoms with Gasteiger partial charge in [-0.1, -0.05) is 23.7 Å². The molecule has 1 atom stereocenters. The van der Waals surface area contributed by atoms with Gasteiger partial charge in [0.15, 0.2) is 0 Å². The average Bonchev–Trinajstić information content (AvgIpc) is 2.63. The maximum Gasteiger partial charge on any atom is 0.0947 e. The van der Waals surface area contributed by atoms with Gasteiger partial charge in [0, 0.05) is 28.6 Å². The van der Waals surface area contributed by atoms with Gasteiger partial charge in [0.2, 0.25) is 0 Å². The molecule has 2 nitrogen and oxygen atoms in total. The third-order valence-corrected chi connectivity index (χ3v) is 3.93. The summed E-state index contributed by atoms with van der Waals surface area (Å²) in [5.41, 5.74) is 9.36. The van der Waals surface area contributed by atoms with Gasteiger partial charge in [-0.05, 0) is 31.0 Å². The van der Waals surface area contributed by atoms with Gasteiger partial charge in [-0.15, -0.1) is 11.3 Å². The average molecular weight is 267 g/mol. The Bertz CT molecular complexity index is 522. The van der Waals surface area contributed by atoms with Gasteiger partial charge in [0.05, 0.1) is 5.01 Å². The fraction of sp³-hybridized carbons (Fsp3) is 0.308. The summed E-state index contributed by atoms with van der Waals surface area (Å²) in [4.78, 5) is 4.42. The smallest absolute Gasteiger partial charge is 0.0947 e. The zero-order chi connectivity index (χ0) is 12.4. The van der Waals surface area contributed by atoms with Crippen LogP contribution in [0.3, 0.4) is 0 Å². The molecular weight excluding hydrogens is 252 g/mol. The molecule has 0 aliphatic carbocycles. The predicted molar refractivity (Wildman–Crippen MR) is 73.7 cm³/mol. The summed E-state index contributed by atoms with van der Waals surface area (Å²) in [6, 6.07) is 5.90. The van der Waals surface area contributed by atoms with Crippen LogP contribution in [0.1, 0.15) is 27.9 Å². The van der Waals surface area contributed by atoms with E-state index < -0.39 is 0 Å². The predicted octanol–water partition coefficient (Wildman–Crippen LogP) is 3.66. The van der Waals surface area contributed by atoms with E-state index in [9.17, 15) is 0 Å². The Labute approximate surface area is 110 Å². The second-order valence-electron chi connectivity index (χ2n) is 4.22. The van der Waals surface area contributed by atoms with Crippen molar-refractivity contribution in [2.24, 2.45) is 5.73 Å². The van der Waals surface area contributed by atoms with Crippen molar-refractivity contribution in [3.05, 3.63) is 50.4 Å². The Balaban J connectivity index is 2.17. The van der Waals surface area contributed by atoms with Gasteiger partial charge in [0.1, 0.15) is 0 Å². The van der Waals surface area contributed by atoms with E-state index in [0.717, 1.165) is 33.3 Å². The van der Waals surface area contributed by atoms with Crippen molar-refractivity contribution in [2.45, 2.75) is 26.3 Å². The molecule has 4 heteroatoms. The molecule has 0 saturated carbocycles. The molecule has 2 aromatic rings. The highest BCUT2D eigenvalue weighted by molar-refractivity contribution is 7.09. The van der Waals surface area contributed by atoms with E-state index in [4.69, 9.17) is 17.3 Å². The Morgan fingerprint density at radius 3 is 2.76 bits per heavy atom. The number of rotatable bonds is 3. The third-order valence-electron chi connectivity index (χ3n) is 2.62. The fourth-order valence-corrected chi connectivity index (χ4v) is 2.93. The quantitative estimate of drug-likeness (QED) is 0.921. The van der Waals surface area contributed by atoms with Crippen LogP contribution in [0, 0.1) is 13.8 Å². The number of nitrogens with two attached hydrogens (primary N) is 1. The van der Waals surface area contributed by atoms with Gasteiger partial charge >= 0.3 is 0 Å². The van der Waals surface area contributed by atoms with E-state index in [-0.39, 0.29) is 6.04 Å². The Morgan fingerprint density at radius 1 is 1.41 bits per heavy atom. The lowest BCUT2D eigenvalue weighted by Gasteiger charge is -2.12. The molecule has 0 aliphatic heterocycles.